The van der Waals surface area contributed by atoms with Crippen molar-refractivity contribution in [1.29, 1.82) is 0 Å². The van der Waals surface area contributed by atoms with E-state index < -0.39 is 5.41 Å². The molecule has 3 amide bonds. The van der Waals surface area contributed by atoms with Crippen LogP contribution < -0.4 is 10.1 Å². The molecular formula is C24H29N3O4S. The fourth-order valence-electron chi connectivity index (χ4n) is 4.87. The van der Waals surface area contributed by atoms with Crippen molar-refractivity contribution >= 4 is 29.1 Å². The molecule has 2 fully saturated rings. The van der Waals surface area contributed by atoms with E-state index in [1.807, 2.05) is 19.2 Å². The average molecular weight is 456 g/mol. The zero-order valence-corrected chi connectivity index (χ0v) is 19.5. The predicted molar refractivity (Wildman–Crippen MR) is 121 cm³/mol. The number of carbonyl (C=O) groups excluding carboxylic acids is 3. The zero-order valence-electron chi connectivity index (χ0n) is 18.7. The molecule has 1 aliphatic heterocycles. The van der Waals surface area contributed by atoms with Crippen LogP contribution in [0.3, 0.4) is 0 Å². The van der Waals surface area contributed by atoms with Crippen LogP contribution in [0.4, 0.5) is 0 Å². The van der Waals surface area contributed by atoms with Crippen LogP contribution in [0.1, 0.15) is 67.8 Å². The van der Waals surface area contributed by atoms with E-state index >= 15 is 0 Å². The number of imide groups is 1. The highest BCUT2D eigenvalue weighted by molar-refractivity contribution is 7.09. The van der Waals surface area contributed by atoms with Gasteiger partial charge >= 0.3 is 0 Å². The minimum atomic E-state index is -1.20. The second-order valence-corrected chi connectivity index (χ2v) is 9.68. The summed E-state index contributed by atoms with van der Waals surface area (Å²) in [6.07, 6.45) is 3.63. The van der Waals surface area contributed by atoms with Crippen LogP contribution in [0.15, 0.2) is 29.6 Å². The van der Waals surface area contributed by atoms with E-state index in [4.69, 9.17) is 4.74 Å². The van der Waals surface area contributed by atoms with Crippen LogP contribution in [0.2, 0.25) is 0 Å². The van der Waals surface area contributed by atoms with E-state index in [-0.39, 0.29) is 42.6 Å². The molecule has 2 aromatic rings. The average Bonchev–Trinajstić information content (AvgIpc) is 3.49. The Labute approximate surface area is 192 Å². The number of nitrogens with one attached hydrogen (secondary N) is 1. The van der Waals surface area contributed by atoms with Gasteiger partial charge in [-0.2, -0.15) is 0 Å². The van der Waals surface area contributed by atoms with Crippen LogP contribution >= 0.6 is 11.3 Å². The lowest BCUT2D eigenvalue weighted by Crippen LogP contribution is -2.45. The number of amides is 3. The van der Waals surface area contributed by atoms with Gasteiger partial charge in [0, 0.05) is 30.0 Å². The van der Waals surface area contributed by atoms with Gasteiger partial charge in [0.05, 0.1) is 18.6 Å². The van der Waals surface area contributed by atoms with Crippen LogP contribution in [-0.2, 0) is 19.8 Å². The summed E-state index contributed by atoms with van der Waals surface area (Å²) >= 11 is 1.49. The molecule has 1 aliphatic carbocycles. The highest BCUT2D eigenvalue weighted by Gasteiger charge is 2.55. The Balaban J connectivity index is 1.62. The SMILES string of the molecule is COc1ccc([C@]2(CC(=O)N[C@H](C)c3nc(C)cs3)CC(=O)N(C3CCCC3)C2=O)cc1. The van der Waals surface area contributed by atoms with Gasteiger partial charge in [-0.3, -0.25) is 19.3 Å². The summed E-state index contributed by atoms with van der Waals surface area (Å²) in [5.74, 6) is -0.0531. The summed E-state index contributed by atoms with van der Waals surface area (Å²) in [5, 5.41) is 5.73. The molecule has 2 heterocycles. The van der Waals surface area contributed by atoms with E-state index in [0.717, 1.165) is 36.4 Å². The third-order valence-corrected chi connectivity index (χ3v) is 7.67. The molecule has 2 aliphatic rings. The maximum Gasteiger partial charge on any atom is 0.241 e. The summed E-state index contributed by atoms with van der Waals surface area (Å²) in [4.78, 5) is 45.8. The molecule has 0 spiro atoms. The van der Waals surface area contributed by atoms with E-state index in [1.54, 1.807) is 31.4 Å². The van der Waals surface area contributed by atoms with Crippen molar-refractivity contribution in [2.75, 3.05) is 7.11 Å². The molecule has 1 aromatic heterocycles. The van der Waals surface area contributed by atoms with Crippen molar-refractivity contribution in [3.63, 3.8) is 0 Å². The summed E-state index contributed by atoms with van der Waals surface area (Å²) in [5.41, 5.74) is 0.378. The van der Waals surface area contributed by atoms with Crippen molar-refractivity contribution in [3.05, 3.63) is 45.9 Å². The monoisotopic (exact) mass is 455 g/mol. The molecule has 1 saturated heterocycles. The molecule has 0 unspecified atom stereocenters. The number of aromatic nitrogens is 1. The number of benzene rings is 1. The first-order valence-electron chi connectivity index (χ1n) is 11.1. The number of ether oxygens (including phenoxy) is 1. The number of hydrogen-bond acceptors (Lipinski definition) is 6. The molecule has 170 valence electrons. The first-order valence-corrected chi connectivity index (χ1v) is 11.9. The summed E-state index contributed by atoms with van der Waals surface area (Å²) in [6.45, 7) is 3.79. The van der Waals surface area contributed by atoms with Crippen LogP contribution in [0, 0.1) is 6.92 Å². The lowest BCUT2D eigenvalue weighted by molar-refractivity contribution is -0.143. The lowest BCUT2D eigenvalue weighted by atomic mass is 9.75. The number of likely N-dealkylation sites (tertiary alicyclic amines) is 1. The molecule has 0 bridgehead atoms. The Hall–Kier alpha value is -2.74. The smallest absolute Gasteiger partial charge is 0.241 e. The van der Waals surface area contributed by atoms with Crippen molar-refractivity contribution in [3.8, 4) is 5.75 Å². The van der Waals surface area contributed by atoms with Gasteiger partial charge in [0.2, 0.25) is 17.7 Å². The van der Waals surface area contributed by atoms with Crippen molar-refractivity contribution in [2.24, 2.45) is 0 Å². The summed E-state index contributed by atoms with van der Waals surface area (Å²) in [6, 6.07) is 6.80. The maximum absolute atomic E-state index is 13.8. The zero-order chi connectivity index (χ0) is 22.9. The molecule has 1 saturated carbocycles. The van der Waals surface area contributed by atoms with E-state index in [1.165, 1.54) is 16.2 Å². The van der Waals surface area contributed by atoms with Crippen LogP contribution in [0.5, 0.6) is 5.75 Å². The number of thiazole rings is 1. The normalized spacial score (nSPS) is 22.4. The molecule has 1 aromatic carbocycles. The van der Waals surface area contributed by atoms with Crippen LogP contribution in [0.25, 0.3) is 0 Å². The molecule has 1 N–H and O–H groups in total. The van der Waals surface area contributed by atoms with Gasteiger partial charge in [-0.05, 0) is 44.4 Å². The lowest BCUT2D eigenvalue weighted by Gasteiger charge is -2.29. The Morgan fingerprint density at radius 2 is 1.97 bits per heavy atom. The predicted octanol–water partition coefficient (Wildman–Crippen LogP) is 3.67. The Morgan fingerprint density at radius 3 is 2.56 bits per heavy atom. The summed E-state index contributed by atoms with van der Waals surface area (Å²) in [7, 11) is 1.58. The van der Waals surface area contributed by atoms with Gasteiger partial charge < -0.3 is 10.1 Å². The van der Waals surface area contributed by atoms with E-state index in [2.05, 4.69) is 10.3 Å². The van der Waals surface area contributed by atoms with Gasteiger partial charge in [-0.1, -0.05) is 25.0 Å². The van der Waals surface area contributed by atoms with Gasteiger partial charge in [0.25, 0.3) is 0 Å². The number of rotatable bonds is 7. The largest absolute Gasteiger partial charge is 0.497 e. The fourth-order valence-corrected chi connectivity index (χ4v) is 5.67. The van der Waals surface area contributed by atoms with Gasteiger partial charge in [0.15, 0.2) is 0 Å². The third kappa shape index (κ3) is 4.16. The molecular weight excluding hydrogens is 426 g/mol. The highest BCUT2D eigenvalue weighted by atomic mass is 32.1. The first-order chi connectivity index (χ1) is 15.3. The van der Waals surface area contributed by atoms with Gasteiger partial charge in [-0.15, -0.1) is 11.3 Å². The Morgan fingerprint density at radius 1 is 1.28 bits per heavy atom. The van der Waals surface area contributed by atoms with Crippen LogP contribution in [-0.4, -0.2) is 40.8 Å². The minimum absolute atomic E-state index is 0.00677. The molecule has 4 rings (SSSR count). The molecule has 7 nitrogen and oxygen atoms in total. The minimum Gasteiger partial charge on any atom is -0.497 e. The molecule has 2 atom stereocenters. The maximum atomic E-state index is 13.8. The number of nitrogens with zero attached hydrogens (tertiary/aromatic N) is 2. The number of aryl methyl sites for hydroxylation is 1. The quantitative estimate of drug-likeness (QED) is 0.644. The second-order valence-electron chi connectivity index (χ2n) is 8.79. The van der Waals surface area contributed by atoms with Gasteiger partial charge in [-0.25, -0.2) is 4.98 Å². The third-order valence-electron chi connectivity index (χ3n) is 6.53. The molecule has 8 heteroatoms. The fraction of sp³-hybridized carbons (Fsp3) is 0.500. The van der Waals surface area contributed by atoms with E-state index in [9.17, 15) is 14.4 Å². The molecule has 0 radical (unpaired) electrons. The van der Waals surface area contributed by atoms with E-state index in [0.29, 0.717) is 11.3 Å². The number of methoxy groups -OCH3 is 1. The van der Waals surface area contributed by atoms with Crippen molar-refractivity contribution < 1.29 is 19.1 Å². The Bertz CT molecular complexity index is 1010. The standard InChI is InChI=1S/C24H29N3O4S/c1-15-14-32-22(25-15)16(2)26-20(28)12-24(17-8-10-19(31-3)11-9-17)13-21(29)27(23(24)30)18-6-4-5-7-18/h8-11,14,16,18H,4-7,12-13H2,1-3H3,(H,26,28)/t16-,24+/m1/s1. The van der Waals surface area contributed by atoms with Crippen molar-refractivity contribution in [2.45, 2.75) is 69.9 Å². The second kappa shape index (κ2) is 9.02. The first kappa shape index (κ1) is 22.5. The highest BCUT2D eigenvalue weighted by Crippen LogP contribution is 2.43. The summed E-state index contributed by atoms with van der Waals surface area (Å²) < 4.78 is 5.25. The molecule has 32 heavy (non-hydrogen) atoms. The van der Waals surface area contributed by atoms with Crippen molar-refractivity contribution in [1.82, 2.24) is 15.2 Å². The topological polar surface area (TPSA) is 88.6 Å². The number of hydrogen-bond donors (Lipinski definition) is 1. The number of carbonyl (C=O) groups is 3. The Kier molecular flexibility index (Phi) is 6.33. The van der Waals surface area contributed by atoms with Gasteiger partial charge in [0.1, 0.15) is 10.8 Å².